The number of carbonyl (C=O) groups excluding carboxylic acids is 3. The average molecular weight is 555 g/mol. The van der Waals surface area contributed by atoms with Crippen molar-refractivity contribution in [3.05, 3.63) is 108 Å². The fraction of sp³-hybridized carbons (Fsp3) is 0.303. The summed E-state index contributed by atoms with van der Waals surface area (Å²) in [6.45, 7) is 4.39. The summed E-state index contributed by atoms with van der Waals surface area (Å²) in [6, 6.07) is 25.0. The van der Waals surface area contributed by atoms with Gasteiger partial charge in [-0.2, -0.15) is 0 Å². The van der Waals surface area contributed by atoms with Crippen molar-refractivity contribution in [2.45, 2.75) is 45.0 Å². The van der Waals surface area contributed by atoms with Crippen LogP contribution in [-0.4, -0.2) is 48.3 Å². The van der Waals surface area contributed by atoms with Crippen molar-refractivity contribution in [3.63, 3.8) is 0 Å². The van der Waals surface area contributed by atoms with E-state index in [1.165, 1.54) is 6.20 Å². The molecule has 0 saturated carbocycles. The van der Waals surface area contributed by atoms with Crippen LogP contribution in [0.15, 0.2) is 91.1 Å². The van der Waals surface area contributed by atoms with Crippen molar-refractivity contribution in [3.8, 4) is 5.75 Å². The van der Waals surface area contributed by atoms with E-state index < -0.39 is 24.1 Å². The third-order valence-electron chi connectivity index (χ3n) is 7.30. The fourth-order valence-electron chi connectivity index (χ4n) is 4.94. The summed E-state index contributed by atoms with van der Waals surface area (Å²) in [5.41, 5.74) is 2.67. The molecule has 3 N–H and O–H groups in total. The SMILES string of the molecule is CC[C@H](C)[C@@H](C(=O)N[C@@H]1C(=O)NCC(=O)NC=Cc2ccc(cc2)O[C@@H]1c1ccccc1)N(C)Cc1ccccc1. The molecule has 0 unspecified atom stereocenters. The molecule has 214 valence electrons. The minimum Gasteiger partial charge on any atom is -0.483 e. The van der Waals surface area contributed by atoms with E-state index in [0.717, 1.165) is 17.5 Å². The van der Waals surface area contributed by atoms with Gasteiger partial charge in [-0.1, -0.05) is 93.1 Å². The Balaban J connectivity index is 1.69. The van der Waals surface area contributed by atoms with E-state index in [4.69, 9.17) is 4.74 Å². The molecule has 0 fully saturated rings. The number of rotatable bonds is 8. The third kappa shape index (κ3) is 8.05. The van der Waals surface area contributed by atoms with Gasteiger partial charge in [0.1, 0.15) is 11.8 Å². The van der Waals surface area contributed by atoms with E-state index in [9.17, 15) is 14.4 Å². The van der Waals surface area contributed by atoms with Crippen molar-refractivity contribution in [1.29, 1.82) is 0 Å². The summed E-state index contributed by atoms with van der Waals surface area (Å²) in [4.78, 5) is 42.2. The van der Waals surface area contributed by atoms with E-state index >= 15 is 0 Å². The molecule has 41 heavy (non-hydrogen) atoms. The van der Waals surface area contributed by atoms with Crippen LogP contribution in [0.2, 0.25) is 0 Å². The van der Waals surface area contributed by atoms with Gasteiger partial charge in [-0.15, -0.1) is 0 Å². The standard InChI is InChI=1S/C33H38N4O4/c1-4-23(2)30(37(3)22-25-11-7-5-8-12-25)33(40)36-29-31(26-13-9-6-10-14-26)41-27-17-15-24(16-18-27)19-20-34-28(38)21-35-32(29)39/h5-20,23,29-31H,4,21-22H2,1-3H3,(H,34,38)(H,35,39)(H,36,40)/t23-,29-,30-,31+/m0/s1. The monoisotopic (exact) mass is 554 g/mol. The second-order valence-electron chi connectivity index (χ2n) is 10.4. The summed E-state index contributed by atoms with van der Waals surface area (Å²) in [5, 5.41) is 8.37. The Morgan fingerprint density at radius 3 is 2.32 bits per heavy atom. The van der Waals surface area contributed by atoms with Gasteiger partial charge in [0.25, 0.3) is 0 Å². The first-order chi connectivity index (χ1) is 19.9. The largest absolute Gasteiger partial charge is 0.483 e. The van der Waals surface area contributed by atoms with E-state index in [1.807, 2.05) is 98.6 Å². The van der Waals surface area contributed by atoms with Crippen molar-refractivity contribution < 1.29 is 19.1 Å². The molecule has 0 aliphatic carbocycles. The second-order valence-corrected chi connectivity index (χ2v) is 10.4. The summed E-state index contributed by atoms with van der Waals surface area (Å²) >= 11 is 0. The molecule has 0 spiro atoms. The topological polar surface area (TPSA) is 99.8 Å². The molecule has 2 bridgehead atoms. The Kier molecular flexibility index (Phi) is 10.3. The number of carbonyl (C=O) groups is 3. The molecule has 0 saturated heterocycles. The van der Waals surface area contributed by atoms with Crippen molar-refractivity contribution in [2.75, 3.05) is 13.6 Å². The molecular weight excluding hydrogens is 516 g/mol. The maximum Gasteiger partial charge on any atom is 0.247 e. The molecule has 3 amide bonds. The van der Waals surface area contributed by atoms with Crippen LogP contribution in [0, 0.1) is 5.92 Å². The molecule has 8 nitrogen and oxygen atoms in total. The van der Waals surface area contributed by atoms with Gasteiger partial charge in [0.15, 0.2) is 6.10 Å². The summed E-state index contributed by atoms with van der Waals surface area (Å²) in [6.07, 6.45) is 3.20. The van der Waals surface area contributed by atoms with Gasteiger partial charge in [0, 0.05) is 12.7 Å². The van der Waals surface area contributed by atoms with Gasteiger partial charge in [0.05, 0.1) is 12.6 Å². The van der Waals surface area contributed by atoms with Crippen molar-refractivity contribution >= 4 is 23.8 Å². The van der Waals surface area contributed by atoms with Crippen LogP contribution in [0.4, 0.5) is 0 Å². The number of likely N-dealkylation sites (N-methyl/N-ethyl adjacent to an activating group) is 1. The predicted molar refractivity (Wildman–Crippen MR) is 160 cm³/mol. The zero-order valence-electron chi connectivity index (χ0n) is 23.7. The lowest BCUT2D eigenvalue weighted by Crippen LogP contribution is -2.57. The second kappa shape index (κ2) is 14.3. The van der Waals surface area contributed by atoms with Crippen LogP contribution in [0.1, 0.15) is 43.1 Å². The molecule has 3 aromatic carbocycles. The van der Waals surface area contributed by atoms with Gasteiger partial charge in [-0.3, -0.25) is 19.3 Å². The molecule has 0 radical (unpaired) electrons. The van der Waals surface area contributed by atoms with Crippen LogP contribution >= 0.6 is 0 Å². The number of fused-ring (bicyclic) bond motifs is 10. The van der Waals surface area contributed by atoms with Crippen LogP contribution < -0.4 is 20.7 Å². The zero-order chi connectivity index (χ0) is 29.2. The van der Waals surface area contributed by atoms with Gasteiger partial charge >= 0.3 is 0 Å². The molecule has 5 rings (SSSR count). The Morgan fingerprint density at radius 1 is 1.00 bits per heavy atom. The molecule has 8 heteroatoms. The normalized spacial score (nSPS) is 18.9. The first kappa shape index (κ1) is 29.6. The highest BCUT2D eigenvalue weighted by molar-refractivity contribution is 5.92. The molecular formula is C33H38N4O4. The van der Waals surface area contributed by atoms with Crippen molar-refractivity contribution in [1.82, 2.24) is 20.9 Å². The molecule has 3 aromatic rings. The minimum atomic E-state index is -1.12. The lowest BCUT2D eigenvalue weighted by molar-refractivity contribution is -0.135. The maximum absolute atomic E-state index is 14.0. The molecule has 2 aliphatic rings. The van der Waals surface area contributed by atoms with E-state index in [1.54, 1.807) is 18.2 Å². The van der Waals surface area contributed by atoms with E-state index in [-0.39, 0.29) is 24.3 Å². The Labute approximate surface area is 241 Å². The van der Waals surface area contributed by atoms with Gasteiger partial charge < -0.3 is 20.7 Å². The third-order valence-corrected chi connectivity index (χ3v) is 7.30. The van der Waals surface area contributed by atoms with Gasteiger partial charge in [0.2, 0.25) is 17.7 Å². The highest BCUT2D eigenvalue weighted by Gasteiger charge is 2.37. The van der Waals surface area contributed by atoms with Gasteiger partial charge in [-0.25, -0.2) is 0 Å². The lowest BCUT2D eigenvalue weighted by Gasteiger charge is -2.34. The summed E-state index contributed by atoms with van der Waals surface area (Å²) in [7, 11) is 1.92. The lowest BCUT2D eigenvalue weighted by atomic mass is 9.95. The average Bonchev–Trinajstić information content (AvgIpc) is 2.99. The quantitative estimate of drug-likeness (QED) is 0.390. The number of benzene rings is 3. The number of ether oxygens (including phenoxy) is 1. The molecule has 2 aliphatic heterocycles. The molecule has 2 heterocycles. The first-order valence-electron chi connectivity index (χ1n) is 14.0. The van der Waals surface area contributed by atoms with Crippen molar-refractivity contribution in [2.24, 2.45) is 5.92 Å². The number of hydrogen-bond donors (Lipinski definition) is 3. The van der Waals surface area contributed by atoms with E-state index in [2.05, 4.69) is 16.0 Å². The number of amides is 3. The molecule has 4 atom stereocenters. The highest BCUT2D eigenvalue weighted by atomic mass is 16.5. The number of nitrogens with one attached hydrogen (secondary N) is 3. The smallest absolute Gasteiger partial charge is 0.247 e. The Hall–Kier alpha value is -4.43. The summed E-state index contributed by atoms with van der Waals surface area (Å²) < 4.78 is 6.42. The van der Waals surface area contributed by atoms with Crippen LogP contribution in [0.5, 0.6) is 5.75 Å². The predicted octanol–water partition coefficient (Wildman–Crippen LogP) is 4.05. The highest BCUT2D eigenvalue weighted by Crippen LogP contribution is 2.27. The van der Waals surface area contributed by atoms with Crippen LogP contribution in [-0.2, 0) is 20.9 Å². The fourth-order valence-corrected chi connectivity index (χ4v) is 4.94. The number of nitrogens with zero attached hydrogens (tertiary/aromatic N) is 1. The number of hydrogen-bond acceptors (Lipinski definition) is 5. The first-order valence-corrected chi connectivity index (χ1v) is 14.0. The zero-order valence-corrected chi connectivity index (χ0v) is 23.7. The van der Waals surface area contributed by atoms with Crippen LogP contribution in [0.3, 0.4) is 0 Å². The van der Waals surface area contributed by atoms with E-state index in [0.29, 0.717) is 17.9 Å². The summed E-state index contributed by atoms with van der Waals surface area (Å²) in [5.74, 6) is -0.638. The molecule has 0 aromatic heterocycles. The minimum absolute atomic E-state index is 0.00600. The maximum atomic E-state index is 14.0. The Bertz CT molecular complexity index is 1330. The van der Waals surface area contributed by atoms with Gasteiger partial charge in [-0.05, 0) is 47.9 Å². The van der Waals surface area contributed by atoms with Crippen LogP contribution in [0.25, 0.3) is 6.08 Å². The Morgan fingerprint density at radius 2 is 1.66 bits per heavy atom.